The van der Waals surface area contributed by atoms with Gasteiger partial charge in [-0.1, -0.05) is 19.9 Å². The van der Waals surface area contributed by atoms with Crippen LogP contribution >= 0.6 is 0 Å². The van der Waals surface area contributed by atoms with Crippen molar-refractivity contribution in [2.45, 2.75) is 34.1 Å². The summed E-state index contributed by atoms with van der Waals surface area (Å²) in [4.78, 5) is 16.4. The van der Waals surface area contributed by atoms with E-state index in [1.54, 1.807) is 0 Å². The van der Waals surface area contributed by atoms with Crippen molar-refractivity contribution < 1.29 is 9.21 Å². The molecule has 0 aliphatic heterocycles. The Balaban J connectivity index is 1.83. The van der Waals surface area contributed by atoms with Crippen LogP contribution in [0, 0.1) is 19.8 Å². The smallest absolute Gasteiger partial charge is 0.227 e. The molecule has 0 spiro atoms. The number of anilines is 1. The van der Waals surface area contributed by atoms with Crippen LogP contribution in [0.25, 0.3) is 22.6 Å². The number of hydrogen-bond acceptors (Lipinski definition) is 3. The van der Waals surface area contributed by atoms with Crippen molar-refractivity contribution in [2.75, 3.05) is 5.32 Å². The van der Waals surface area contributed by atoms with Gasteiger partial charge in [0.05, 0.1) is 0 Å². The third-order valence-electron chi connectivity index (χ3n) is 3.83. The SMILES string of the molecule is Cc1cc(C)c2oc(-c3ccc(NC(=O)CC(C)C)cc3)nc2c1. The lowest BCUT2D eigenvalue weighted by atomic mass is 10.1. The second-order valence-electron chi connectivity index (χ2n) is 6.67. The number of carbonyl (C=O) groups excluding carboxylic acids is 1. The van der Waals surface area contributed by atoms with Crippen LogP contribution in [0.5, 0.6) is 0 Å². The van der Waals surface area contributed by atoms with Gasteiger partial charge in [0.25, 0.3) is 0 Å². The lowest BCUT2D eigenvalue weighted by Crippen LogP contribution is -2.13. The highest BCUT2D eigenvalue weighted by Gasteiger charge is 2.11. The average Bonchev–Trinajstić information content (AvgIpc) is 2.91. The molecule has 4 heteroatoms. The van der Waals surface area contributed by atoms with Gasteiger partial charge in [0.15, 0.2) is 5.58 Å². The van der Waals surface area contributed by atoms with Crippen molar-refractivity contribution in [2.24, 2.45) is 5.92 Å². The van der Waals surface area contributed by atoms with E-state index in [2.05, 4.69) is 23.3 Å². The minimum Gasteiger partial charge on any atom is -0.436 e. The van der Waals surface area contributed by atoms with Crippen molar-refractivity contribution in [3.05, 3.63) is 47.5 Å². The summed E-state index contributed by atoms with van der Waals surface area (Å²) in [6.07, 6.45) is 0.519. The predicted molar refractivity (Wildman–Crippen MR) is 97.0 cm³/mol. The summed E-state index contributed by atoms with van der Waals surface area (Å²) in [5.74, 6) is 0.972. The molecule has 0 atom stereocenters. The molecule has 0 saturated heterocycles. The molecule has 1 amide bonds. The molecule has 1 aromatic heterocycles. The first kappa shape index (κ1) is 16.2. The lowest BCUT2D eigenvalue weighted by Gasteiger charge is -2.07. The molecule has 0 aliphatic carbocycles. The van der Waals surface area contributed by atoms with Crippen LogP contribution in [0.2, 0.25) is 0 Å². The molecule has 1 N–H and O–H groups in total. The monoisotopic (exact) mass is 322 g/mol. The van der Waals surface area contributed by atoms with E-state index in [1.807, 2.05) is 51.1 Å². The van der Waals surface area contributed by atoms with E-state index in [9.17, 15) is 4.79 Å². The van der Waals surface area contributed by atoms with E-state index >= 15 is 0 Å². The first-order valence-corrected chi connectivity index (χ1v) is 8.20. The highest BCUT2D eigenvalue weighted by Crippen LogP contribution is 2.28. The van der Waals surface area contributed by atoms with E-state index < -0.39 is 0 Å². The number of nitrogens with zero attached hydrogens (tertiary/aromatic N) is 1. The normalized spacial score (nSPS) is 11.2. The number of aromatic nitrogens is 1. The van der Waals surface area contributed by atoms with Gasteiger partial charge in [0, 0.05) is 17.7 Å². The second-order valence-corrected chi connectivity index (χ2v) is 6.67. The van der Waals surface area contributed by atoms with Gasteiger partial charge in [-0.25, -0.2) is 4.98 Å². The summed E-state index contributed by atoms with van der Waals surface area (Å²) < 4.78 is 5.92. The van der Waals surface area contributed by atoms with Crippen LogP contribution in [-0.2, 0) is 4.79 Å². The van der Waals surface area contributed by atoms with Crippen LogP contribution < -0.4 is 5.32 Å². The van der Waals surface area contributed by atoms with Gasteiger partial charge < -0.3 is 9.73 Å². The average molecular weight is 322 g/mol. The standard InChI is InChI=1S/C20H22N2O2/c1-12(2)9-18(23)21-16-7-5-15(6-8-16)20-22-17-11-13(3)10-14(4)19(17)24-20/h5-8,10-12H,9H2,1-4H3,(H,21,23). The lowest BCUT2D eigenvalue weighted by molar-refractivity contribution is -0.116. The van der Waals surface area contributed by atoms with E-state index in [0.29, 0.717) is 18.2 Å². The number of aryl methyl sites for hydroxylation is 2. The number of hydrogen-bond donors (Lipinski definition) is 1. The fourth-order valence-electron chi connectivity index (χ4n) is 2.78. The molecule has 0 bridgehead atoms. The summed E-state index contributed by atoms with van der Waals surface area (Å²) in [7, 11) is 0. The maximum absolute atomic E-state index is 11.8. The van der Waals surface area contributed by atoms with Crippen LogP contribution in [-0.4, -0.2) is 10.9 Å². The summed E-state index contributed by atoms with van der Waals surface area (Å²) in [6.45, 7) is 8.13. The minimum atomic E-state index is 0.0331. The first-order chi connectivity index (χ1) is 11.4. The summed E-state index contributed by atoms with van der Waals surface area (Å²) in [5, 5.41) is 2.91. The molecule has 2 aromatic carbocycles. The fraction of sp³-hybridized carbons (Fsp3) is 0.300. The molecular weight excluding hydrogens is 300 g/mol. The first-order valence-electron chi connectivity index (χ1n) is 8.20. The zero-order chi connectivity index (χ0) is 17.3. The van der Waals surface area contributed by atoms with E-state index in [-0.39, 0.29) is 5.91 Å². The van der Waals surface area contributed by atoms with Crippen LogP contribution in [0.15, 0.2) is 40.8 Å². The van der Waals surface area contributed by atoms with Crippen LogP contribution in [0.3, 0.4) is 0 Å². The Hall–Kier alpha value is -2.62. The van der Waals surface area contributed by atoms with E-state index in [4.69, 9.17) is 4.42 Å². The van der Waals surface area contributed by atoms with E-state index in [1.165, 1.54) is 5.56 Å². The van der Waals surface area contributed by atoms with Crippen molar-refractivity contribution in [1.82, 2.24) is 4.98 Å². The highest BCUT2D eigenvalue weighted by molar-refractivity contribution is 5.91. The Kier molecular flexibility index (Phi) is 4.38. The van der Waals surface area contributed by atoms with Gasteiger partial charge in [-0.15, -0.1) is 0 Å². The zero-order valence-corrected chi connectivity index (χ0v) is 14.5. The largest absolute Gasteiger partial charge is 0.436 e. The van der Waals surface area contributed by atoms with Crippen LogP contribution in [0.4, 0.5) is 5.69 Å². The molecular formula is C20H22N2O2. The zero-order valence-electron chi connectivity index (χ0n) is 14.5. The molecule has 0 aliphatic rings. The Bertz CT molecular complexity index is 877. The number of oxazole rings is 1. The molecule has 3 rings (SSSR count). The highest BCUT2D eigenvalue weighted by atomic mass is 16.3. The molecule has 1 heterocycles. The minimum absolute atomic E-state index is 0.0331. The van der Waals surface area contributed by atoms with Crippen molar-refractivity contribution in [1.29, 1.82) is 0 Å². The number of carbonyl (C=O) groups is 1. The topological polar surface area (TPSA) is 55.1 Å². The number of nitrogens with one attached hydrogen (secondary N) is 1. The van der Waals surface area contributed by atoms with Gasteiger partial charge in [0.2, 0.25) is 11.8 Å². The van der Waals surface area contributed by atoms with Crippen molar-refractivity contribution >= 4 is 22.7 Å². The van der Waals surface area contributed by atoms with Gasteiger partial charge in [-0.2, -0.15) is 0 Å². The summed E-state index contributed by atoms with van der Waals surface area (Å²) in [6, 6.07) is 11.7. The Morgan fingerprint density at radius 2 is 1.88 bits per heavy atom. The second kappa shape index (κ2) is 6.48. The molecule has 124 valence electrons. The van der Waals surface area contributed by atoms with Gasteiger partial charge in [-0.05, 0) is 61.2 Å². The molecule has 24 heavy (non-hydrogen) atoms. The Labute approximate surface area is 141 Å². The molecule has 4 nitrogen and oxygen atoms in total. The quantitative estimate of drug-likeness (QED) is 0.727. The molecule has 0 unspecified atom stereocenters. The number of amides is 1. The third-order valence-corrected chi connectivity index (χ3v) is 3.83. The van der Waals surface area contributed by atoms with Crippen molar-refractivity contribution in [3.63, 3.8) is 0 Å². The molecule has 0 radical (unpaired) electrons. The summed E-state index contributed by atoms with van der Waals surface area (Å²) in [5.41, 5.74) is 5.63. The Morgan fingerprint density at radius 3 is 2.54 bits per heavy atom. The maximum atomic E-state index is 11.8. The van der Waals surface area contributed by atoms with E-state index in [0.717, 1.165) is 27.9 Å². The Morgan fingerprint density at radius 1 is 1.17 bits per heavy atom. The predicted octanol–water partition coefficient (Wildman–Crippen LogP) is 5.10. The molecule has 0 saturated carbocycles. The van der Waals surface area contributed by atoms with Gasteiger partial charge in [0.1, 0.15) is 5.52 Å². The fourth-order valence-corrected chi connectivity index (χ4v) is 2.78. The maximum Gasteiger partial charge on any atom is 0.227 e. The molecule has 3 aromatic rings. The van der Waals surface area contributed by atoms with Crippen molar-refractivity contribution in [3.8, 4) is 11.5 Å². The number of rotatable bonds is 4. The van der Waals surface area contributed by atoms with Crippen LogP contribution in [0.1, 0.15) is 31.4 Å². The third kappa shape index (κ3) is 3.48. The number of benzene rings is 2. The number of fused-ring (bicyclic) bond motifs is 1. The van der Waals surface area contributed by atoms with Gasteiger partial charge in [-0.3, -0.25) is 4.79 Å². The summed E-state index contributed by atoms with van der Waals surface area (Å²) >= 11 is 0. The van der Waals surface area contributed by atoms with Gasteiger partial charge >= 0.3 is 0 Å². The molecule has 0 fully saturated rings.